The summed E-state index contributed by atoms with van der Waals surface area (Å²) in [6, 6.07) is 10.7. The number of aryl methyl sites for hydroxylation is 1. The third-order valence-electron chi connectivity index (χ3n) is 3.58. The fraction of sp³-hybridized carbons (Fsp3) is 0.111. The molecule has 1 N–H and O–H groups in total. The number of ether oxygens (including phenoxy) is 1. The molecule has 2 aromatic carbocycles. The van der Waals surface area contributed by atoms with Crippen LogP contribution in [-0.2, 0) is 13.7 Å². The van der Waals surface area contributed by atoms with Crippen molar-refractivity contribution in [3.63, 3.8) is 0 Å². The van der Waals surface area contributed by atoms with E-state index in [4.69, 9.17) is 16.3 Å². The Morgan fingerprint density at radius 2 is 2.04 bits per heavy atom. The van der Waals surface area contributed by atoms with Crippen molar-refractivity contribution in [2.24, 2.45) is 7.05 Å². The molecule has 0 aliphatic carbocycles. The van der Waals surface area contributed by atoms with Gasteiger partial charge in [-0.05, 0) is 42.5 Å². The average Bonchev–Trinajstić information content (AvgIpc) is 3.02. The van der Waals surface area contributed by atoms with E-state index < -0.39 is 5.82 Å². The minimum atomic E-state index is -0.533. The number of carbonyl (C=O) groups is 1. The molecule has 0 spiro atoms. The molecule has 3 rings (SSSR count). The van der Waals surface area contributed by atoms with E-state index in [9.17, 15) is 9.18 Å². The van der Waals surface area contributed by atoms with E-state index in [0.717, 1.165) is 5.82 Å². The molecule has 1 heterocycles. The van der Waals surface area contributed by atoms with Gasteiger partial charge >= 0.3 is 0 Å². The second kappa shape index (κ2) is 7.36. The van der Waals surface area contributed by atoms with Crippen LogP contribution in [0.3, 0.4) is 0 Å². The van der Waals surface area contributed by atoms with Crippen LogP contribution in [-0.4, -0.2) is 15.5 Å². The van der Waals surface area contributed by atoms with Crippen molar-refractivity contribution in [2.75, 3.05) is 5.32 Å². The number of nitrogens with one attached hydrogen (secondary N) is 1. The summed E-state index contributed by atoms with van der Waals surface area (Å²) in [6.45, 7) is 0.336. The van der Waals surface area contributed by atoms with Gasteiger partial charge in [-0.2, -0.15) is 0 Å². The van der Waals surface area contributed by atoms with Crippen LogP contribution in [0.25, 0.3) is 0 Å². The van der Waals surface area contributed by atoms with Crippen LogP contribution in [0.1, 0.15) is 16.2 Å². The zero-order valence-electron chi connectivity index (χ0n) is 13.4. The Kier molecular flexibility index (Phi) is 5.00. The molecule has 128 valence electrons. The summed E-state index contributed by atoms with van der Waals surface area (Å²) < 4.78 is 20.6. The summed E-state index contributed by atoms with van der Waals surface area (Å²) in [6.07, 6.45) is 3.54. The molecule has 0 atom stereocenters. The predicted octanol–water partition coefficient (Wildman–Crippen LogP) is 4.04. The van der Waals surface area contributed by atoms with Gasteiger partial charge in [0.1, 0.15) is 24.0 Å². The fourth-order valence-corrected chi connectivity index (χ4v) is 2.34. The first-order chi connectivity index (χ1) is 12.0. The Hall–Kier alpha value is -2.86. The van der Waals surface area contributed by atoms with E-state index in [2.05, 4.69) is 10.3 Å². The highest BCUT2D eigenvalue weighted by Gasteiger charge is 2.08. The van der Waals surface area contributed by atoms with Crippen LogP contribution < -0.4 is 10.1 Å². The summed E-state index contributed by atoms with van der Waals surface area (Å²) in [5, 5.41) is 2.62. The maximum atomic E-state index is 13.1. The molecule has 0 radical (unpaired) electrons. The molecule has 5 nitrogen and oxygen atoms in total. The lowest BCUT2D eigenvalue weighted by atomic mass is 10.2. The number of imidazole rings is 1. The quantitative estimate of drug-likeness (QED) is 0.747. The Balaban J connectivity index is 1.62. The van der Waals surface area contributed by atoms with E-state index in [1.807, 2.05) is 17.8 Å². The van der Waals surface area contributed by atoms with E-state index in [0.29, 0.717) is 23.6 Å². The molecule has 7 heteroatoms. The maximum absolute atomic E-state index is 13.1. The minimum Gasteiger partial charge on any atom is -0.486 e. The summed E-state index contributed by atoms with van der Waals surface area (Å²) in [5.74, 6) is 0.576. The summed E-state index contributed by atoms with van der Waals surface area (Å²) >= 11 is 5.70. The molecule has 1 aromatic heterocycles. The second-order valence-corrected chi connectivity index (χ2v) is 5.76. The van der Waals surface area contributed by atoms with Gasteiger partial charge < -0.3 is 14.6 Å². The minimum absolute atomic E-state index is 0.0455. The molecule has 0 saturated carbocycles. The first-order valence-corrected chi connectivity index (χ1v) is 7.86. The largest absolute Gasteiger partial charge is 0.486 e. The number of rotatable bonds is 5. The zero-order chi connectivity index (χ0) is 17.8. The second-order valence-electron chi connectivity index (χ2n) is 5.35. The van der Waals surface area contributed by atoms with Crippen molar-refractivity contribution < 1.29 is 13.9 Å². The smallest absolute Gasteiger partial charge is 0.255 e. The van der Waals surface area contributed by atoms with E-state index in [-0.39, 0.29) is 10.9 Å². The molecule has 0 fully saturated rings. The van der Waals surface area contributed by atoms with Crippen LogP contribution in [0.15, 0.2) is 54.9 Å². The molecular formula is C18H15ClFN3O2. The molecule has 1 amide bonds. The van der Waals surface area contributed by atoms with Crippen LogP contribution in [0.4, 0.5) is 10.1 Å². The van der Waals surface area contributed by atoms with Gasteiger partial charge in [-0.3, -0.25) is 4.79 Å². The van der Waals surface area contributed by atoms with Crippen molar-refractivity contribution in [2.45, 2.75) is 6.61 Å². The Bertz CT molecular complexity index is 894. The van der Waals surface area contributed by atoms with Crippen molar-refractivity contribution in [1.82, 2.24) is 9.55 Å². The van der Waals surface area contributed by atoms with Crippen LogP contribution in [0.5, 0.6) is 5.75 Å². The first kappa shape index (κ1) is 17.0. The van der Waals surface area contributed by atoms with Crippen LogP contribution in [0, 0.1) is 5.82 Å². The van der Waals surface area contributed by atoms with Crippen molar-refractivity contribution in [3.05, 3.63) is 77.1 Å². The first-order valence-electron chi connectivity index (χ1n) is 7.48. The number of aromatic nitrogens is 2. The number of anilines is 1. The normalized spacial score (nSPS) is 10.5. The highest BCUT2D eigenvalue weighted by atomic mass is 35.5. The molecule has 0 unspecified atom stereocenters. The summed E-state index contributed by atoms with van der Waals surface area (Å²) in [5.41, 5.74) is 0.872. The van der Waals surface area contributed by atoms with Gasteiger partial charge in [-0.1, -0.05) is 11.6 Å². The van der Waals surface area contributed by atoms with E-state index in [1.165, 1.54) is 18.2 Å². The lowest BCUT2D eigenvalue weighted by molar-refractivity contribution is 0.102. The van der Waals surface area contributed by atoms with Crippen molar-refractivity contribution in [3.8, 4) is 5.75 Å². The van der Waals surface area contributed by atoms with Crippen molar-refractivity contribution in [1.29, 1.82) is 0 Å². The third-order valence-corrected chi connectivity index (χ3v) is 3.87. The molecule has 0 bridgehead atoms. The maximum Gasteiger partial charge on any atom is 0.255 e. The van der Waals surface area contributed by atoms with Crippen LogP contribution in [0.2, 0.25) is 5.02 Å². The molecule has 3 aromatic rings. The fourth-order valence-electron chi connectivity index (χ4n) is 2.16. The third kappa shape index (κ3) is 4.16. The number of carbonyl (C=O) groups excluding carboxylic acids is 1. The summed E-state index contributed by atoms with van der Waals surface area (Å²) in [7, 11) is 1.89. The van der Waals surface area contributed by atoms with Crippen molar-refractivity contribution >= 4 is 23.2 Å². The monoisotopic (exact) mass is 359 g/mol. The van der Waals surface area contributed by atoms with Gasteiger partial charge in [-0.15, -0.1) is 0 Å². The van der Waals surface area contributed by atoms with Gasteiger partial charge in [0.25, 0.3) is 5.91 Å². The lowest BCUT2D eigenvalue weighted by Crippen LogP contribution is -2.11. The molecule has 25 heavy (non-hydrogen) atoms. The van der Waals surface area contributed by atoms with Gasteiger partial charge in [0.15, 0.2) is 0 Å². The molecule has 0 saturated heterocycles. The highest BCUT2D eigenvalue weighted by Crippen LogP contribution is 2.20. The number of hydrogen-bond donors (Lipinski definition) is 1. The van der Waals surface area contributed by atoms with Crippen LogP contribution >= 0.6 is 11.6 Å². The number of hydrogen-bond acceptors (Lipinski definition) is 3. The number of nitrogens with zero attached hydrogens (tertiary/aromatic N) is 2. The Morgan fingerprint density at radius 3 is 2.68 bits per heavy atom. The average molecular weight is 360 g/mol. The standard InChI is InChI=1S/C18H15ClFN3O2/c1-23-9-8-21-17(23)11-25-14-5-2-12(3-6-14)18(24)22-13-4-7-16(20)15(19)10-13/h2-10H,11H2,1H3,(H,22,24). The highest BCUT2D eigenvalue weighted by molar-refractivity contribution is 6.31. The molecule has 0 aliphatic rings. The van der Waals surface area contributed by atoms with Gasteiger partial charge in [-0.25, -0.2) is 9.37 Å². The summed E-state index contributed by atoms with van der Waals surface area (Å²) in [4.78, 5) is 16.4. The molecular weight excluding hydrogens is 345 g/mol. The van der Waals surface area contributed by atoms with Gasteiger partial charge in [0.05, 0.1) is 5.02 Å². The Labute approximate surface area is 149 Å². The van der Waals surface area contributed by atoms with E-state index in [1.54, 1.807) is 30.5 Å². The van der Waals surface area contributed by atoms with Gasteiger partial charge in [0, 0.05) is 30.7 Å². The number of amides is 1. The van der Waals surface area contributed by atoms with E-state index >= 15 is 0 Å². The predicted molar refractivity (Wildman–Crippen MR) is 93.3 cm³/mol. The SMILES string of the molecule is Cn1ccnc1COc1ccc(C(=O)Nc2ccc(F)c(Cl)c2)cc1. The number of benzene rings is 2. The lowest BCUT2D eigenvalue weighted by Gasteiger charge is -2.08. The topological polar surface area (TPSA) is 56.2 Å². The zero-order valence-corrected chi connectivity index (χ0v) is 14.1. The number of halogens is 2. The van der Waals surface area contributed by atoms with Gasteiger partial charge in [0.2, 0.25) is 0 Å². The molecule has 0 aliphatic heterocycles. The Morgan fingerprint density at radius 1 is 1.28 bits per heavy atom.